The van der Waals surface area contributed by atoms with Gasteiger partial charge in [-0.2, -0.15) is 36.5 Å². The van der Waals surface area contributed by atoms with Crippen molar-refractivity contribution in [2.45, 2.75) is 18.3 Å². The number of hydrogen-bond donors (Lipinski definition) is 4. The van der Waals surface area contributed by atoms with E-state index in [2.05, 4.69) is 20.2 Å². The minimum Gasteiger partial charge on any atom is -0.478 e. The Morgan fingerprint density at radius 3 is 1.66 bits per heavy atom. The summed E-state index contributed by atoms with van der Waals surface area (Å²) in [4.78, 5) is 56.8. The zero-order valence-electron chi connectivity index (χ0n) is 27.0. The van der Waals surface area contributed by atoms with Crippen LogP contribution in [0.5, 0.6) is 0 Å². The van der Waals surface area contributed by atoms with Crippen LogP contribution in [0, 0.1) is 0 Å². The van der Waals surface area contributed by atoms with E-state index >= 15 is 0 Å². The molecule has 56 heavy (non-hydrogen) atoms. The molecule has 8 rings (SSSR count). The monoisotopic (exact) mass is 868 g/mol. The number of carboxylic acid groups (broad SMARTS) is 4. The van der Waals surface area contributed by atoms with Crippen molar-refractivity contribution in [1.82, 2.24) is 29.5 Å². The third-order valence-corrected chi connectivity index (χ3v) is 8.84. The minimum atomic E-state index is -5.26. The van der Waals surface area contributed by atoms with Crippen LogP contribution in [-0.4, -0.2) is 73.8 Å². The maximum atomic E-state index is 14.7. The fourth-order valence-electron chi connectivity index (χ4n) is 6.58. The molecule has 23 heteroatoms. The molecule has 8 heterocycles. The van der Waals surface area contributed by atoms with Gasteiger partial charge in [0.1, 0.15) is 5.69 Å². The number of carbonyl (C=O) groups is 4. The van der Waals surface area contributed by atoms with Crippen molar-refractivity contribution in [3.63, 3.8) is 0 Å². The average Bonchev–Trinajstić information content (AvgIpc) is 3.89. The number of alkyl halides is 6. The summed E-state index contributed by atoms with van der Waals surface area (Å²) < 4.78 is 90.2. The Balaban J connectivity index is 0.00000480. The zero-order chi connectivity index (χ0) is 39.5. The Morgan fingerprint density at radius 2 is 1.07 bits per heavy atom. The van der Waals surface area contributed by atoms with Gasteiger partial charge in [-0.25, -0.2) is 24.2 Å². The fraction of sp³-hybridized carbons (Fsp3) is 0.0909. The van der Waals surface area contributed by atoms with Crippen molar-refractivity contribution in [1.29, 1.82) is 0 Å². The van der Waals surface area contributed by atoms with E-state index in [0.717, 1.165) is 70.1 Å². The predicted octanol–water partition coefficient (Wildman–Crippen LogP) is 3.78. The van der Waals surface area contributed by atoms with Crippen molar-refractivity contribution in [2.24, 2.45) is 0 Å². The van der Waals surface area contributed by atoms with Gasteiger partial charge in [-0.3, -0.25) is 4.98 Å². The van der Waals surface area contributed by atoms with Crippen LogP contribution in [0.1, 0.15) is 52.8 Å². The third kappa shape index (κ3) is 5.40. The summed E-state index contributed by atoms with van der Waals surface area (Å²) in [5.41, 5.74) is -7.99. The Kier molecular flexibility index (Phi) is 8.23. The van der Waals surface area contributed by atoms with Gasteiger partial charge in [0.25, 0.3) is 11.4 Å². The number of aromatic carboxylic acids is 4. The number of halogens is 6. The number of hydrogen-bond acceptors (Lipinski definition) is 8. The number of nitrogens with zero attached hydrogens (tertiary/aromatic N) is 8. The first-order valence-electron chi connectivity index (χ1n) is 15.3. The van der Waals surface area contributed by atoms with Gasteiger partial charge in [0.15, 0.2) is 23.3 Å². The summed E-state index contributed by atoms with van der Waals surface area (Å²) in [5.74, 6) is -8.71. The van der Waals surface area contributed by atoms with Crippen LogP contribution in [-0.2, 0) is 37.7 Å². The molecule has 0 aromatic carbocycles. The smallest absolute Gasteiger partial charge is 0.478 e. The van der Waals surface area contributed by atoms with Crippen LogP contribution in [0.2, 0.25) is 0 Å². The van der Waals surface area contributed by atoms with Crippen LogP contribution in [0.25, 0.3) is 45.6 Å². The van der Waals surface area contributed by atoms with E-state index in [4.69, 9.17) is 0 Å². The second kappa shape index (κ2) is 12.3. The van der Waals surface area contributed by atoms with Gasteiger partial charge in [0.2, 0.25) is 5.69 Å². The topological polar surface area (TPSA) is 218 Å². The van der Waals surface area contributed by atoms with Crippen molar-refractivity contribution in [3.8, 4) is 45.6 Å². The largest absolute Gasteiger partial charge is 0.583 e. The molecule has 0 aliphatic carbocycles. The number of carboxylic acids is 4. The second-order valence-corrected chi connectivity index (χ2v) is 12.0. The summed E-state index contributed by atoms with van der Waals surface area (Å²) in [5, 5.41) is 46.9. The van der Waals surface area contributed by atoms with Gasteiger partial charge < -0.3 is 20.4 Å². The van der Waals surface area contributed by atoms with E-state index < -0.39 is 87.3 Å². The van der Waals surface area contributed by atoms with E-state index in [9.17, 15) is 65.9 Å². The predicted molar refractivity (Wildman–Crippen MR) is 164 cm³/mol. The van der Waals surface area contributed by atoms with Crippen LogP contribution in [0.3, 0.4) is 0 Å². The molecular formula is C33H16F6N8O8Ru+2. The van der Waals surface area contributed by atoms with Crippen LogP contribution in [0.4, 0.5) is 26.3 Å². The van der Waals surface area contributed by atoms with Crippen molar-refractivity contribution >= 4 is 23.9 Å². The van der Waals surface area contributed by atoms with E-state index in [1.807, 2.05) is 0 Å². The summed E-state index contributed by atoms with van der Waals surface area (Å²) in [6.45, 7) is 0. The van der Waals surface area contributed by atoms with Gasteiger partial charge >= 0.3 is 42.1 Å². The Bertz CT molecular complexity index is 2750. The third-order valence-electron chi connectivity index (χ3n) is 8.84. The first-order valence-corrected chi connectivity index (χ1v) is 15.3. The Labute approximate surface area is 317 Å². The normalized spacial score (nSPS) is 15.1. The standard InChI is InChI=1S/C33H14F6N8O8.Ru/c34-31(35,36)25-11-20(19-7-15(29(52)53)6-18(41-19)17-5-13(27(48)49)1-3-40-17)46(42-25)33-44-4-2-14(28(50)51)8-21(44)22-9-16(30(54)55)10-23(45(22)33)24-12-26(32(37,38)39)43-47(24)33;/h1-12H,(H2-2,48,49,50,51,52,53,54,55);/p+2. The molecule has 16 nitrogen and oxygen atoms in total. The van der Waals surface area contributed by atoms with Gasteiger partial charge in [-0.1, -0.05) is 9.13 Å². The molecule has 6 aromatic rings. The Morgan fingerprint density at radius 1 is 0.589 bits per heavy atom. The molecule has 1 unspecified atom stereocenters. The summed E-state index contributed by atoms with van der Waals surface area (Å²) in [7, 11) is 0. The molecule has 0 radical (unpaired) electrons. The molecule has 0 amide bonds. The molecule has 0 saturated carbocycles. The number of fused-ring (bicyclic) bond motifs is 6. The summed E-state index contributed by atoms with van der Waals surface area (Å²) in [6, 6.07) is 8.88. The van der Waals surface area contributed by atoms with Gasteiger partial charge in [-0.15, -0.1) is 9.36 Å². The molecule has 0 fully saturated rings. The van der Waals surface area contributed by atoms with E-state index in [0.29, 0.717) is 21.5 Å². The molecule has 1 atom stereocenters. The molecule has 284 valence electrons. The molecule has 6 aromatic heterocycles. The molecular weight excluding hydrogens is 851 g/mol. The first-order chi connectivity index (χ1) is 25.8. The molecule has 2 aliphatic rings. The van der Waals surface area contributed by atoms with Crippen LogP contribution in [0.15, 0.2) is 73.1 Å². The quantitative estimate of drug-likeness (QED) is 0.102. The van der Waals surface area contributed by atoms with Gasteiger partial charge in [0, 0.05) is 56.0 Å². The molecule has 2 aliphatic heterocycles. The number of pyridine rings is 4. The maximum Gasteiger partial charge on any atom is 0.583 e. The molecule has 0 saturated heterocycles. The molecule has 0 spiro atoms. The van der Waals surface area contributed by atoms with Crippen molar-refractivity contribution in [3.05, 3.63) is 107 Å². The molecule has 4 N–H and O–H groups in total. The van der Waals surface area contributed by atoms with Crippen molar-refractivity contribution < 1.29 is 94.6 Å². The van der Waals surface area contributed by atoms with Crippen LogP contribution >= 0.6 is 0 Å². The van der Waals surface area contributed by atoms with E-state index in [-0.39, 0.29) is 53.5 Å². The average molecular weight is 868 g/mol. The zero-order valence-corrected chi connectivity index (χ0v) is 28.8. The fourth-order valence-corrected chi connectivity index (χ4v) is 6.58. The van der Waals surface area contributed by atoms with E-state index in [1.165, 1.54) is 0 Å². The summed E-state index contributed by atoms with van der Waals surface area (Å²) >= 11 is 0. The van der Waals surface area contributed by atoms with Crippen molar-refractivity contribution in [2.75, 3.05) is 0 Å². The van der Waals surface area contributed by atoms with Gasteiger partial charge in [-0.05, 0) is 30.3 Å². The molecule has 0 bridgehead atoms. The summed E-state index contributed by atoms with van der Waals surface area (Å²) in [6.07, 6.45) is -8.32. The van der Waals surface area contributed by atoms with Crippen LogP contribution < -0.4 is 9.13 Å². The first kappa shape index (κ1) is 37.4. The van der Waals surface area contributed by atoms with Gasteiger partial charge in [0.05, 0.1) is 39.3 Å². The SMILES string of the molecule is O=C(O)c1ccnc(-c2cc(C(=O)O)cc(-c3cc(C(F)(F)F)nn3C34n5nc(C(F)(F)F)cc5-c5cc(C(=O)O)cc([n+]53)-c3cc(C(=O)O)cc[n+]34)n2)c1.[Ru]. The van der Waals surface area contributed by atoms with E-state index in [1.54, 1.807) is 0 Å². The Hall–Kier alpha value is -6.90. The minimum absolute atomic E-state index is 0. The maximum absolute atomic E-state index is 14.7. The number of rotatable bonds is 7. The second-order valence-electron chi connectivity index (χ2n) is 12.0. The number of aromatic nitrogens is 8.